The van der Waals surface area contributed by atoms with Gasteiger partial charge in [0.1, 0.15) is 11.8 Å². The largest absolute Gasteiger partial charge is 0.468 e. The topological polar surface area (TPSA) is 72.9 Å². The standard InChI is InChI=1S/C12H17NO5/c1-13-6-4-5-7(13)9(12(16)18-3)10(14)8(6)11(15)17-2/h6-9H,4-5H2,1-3H3/t6-,7-,8-,9+/m0/s1. The summed E-state index contributed by atoms with van der Waals surface area (Å²) in [6.45, 7) is 0. The minimum absolute atomic E-state index is 0.157. The lowest BCUT2D eigenvalue weighted by Gasteiger charge is -2.38. The Morgan fingerprint density at radius 3 is 1.78 bits per heavy atom. The molecule has 2 aliphatic rings. The molecule has 4 atom stereocenters. The van der Waals surface area contributed by atoms with Crippen LogP contribution in [0, 0.1) is 11.8 Å². The molecule has 2 heterocycles. The summed E-state index contributed by atoms with van der Waals surface area (Å²) < 4.78 is 9.36. The van der Waals surface area contributed by atoms with Gasteiger partial charge < -0.3 is 9.47 Å². The van der Waals surface area contributed by atoms with Gasteiger partial charge in [0, 0.05) is 12.1 Å². The molecule has 100 valence electrons. The fourth-order valence-electron chi connectivity index (χ4n) is 3.17. The molecule has 2 rings (SSSR count). The van der Waals surface area contributed by atoms with Gasteiger partial charge in [0.05, 0.1) is 14.2 Å². The van der Waals surface area contributed by atoms with Crippen molar-refractivity contribution in [3.63, 3.8) is 0 Å². The summed E-state index contributed by atoms with van der Waals surface area (Å²) in [6.07, 6.45) is 1.44. The van der Waals surface area contributed by atoms with Gasteiger partial charge in [-0.25, -0.2) is 0 Å². The number of ether oxygens (including phenoxy) is 2. The molecule has 2 saturated heterocycles. The molecule has 2 aliphatic heterocycles. The number of hydrogen-bond acceptors (Lipinski definition) is 6. The van der Waals surface area contributed by atoms with Crippen LogP contribution in [0.5, 0.6) is 0 Å². The number of fused-ring (bicyclic) bond motifs is 2. The van der Waals surface area contributed by atoms with Crippen molar-refractivity contribution < 1.29 is 23.9 Å². The van der Waals surface area contributed by atoms with E-state index in [9.17, 15) is 14.4 Å². The van der Waals surface area contributed by atoms with Crippen molar-refractivity contribution in [1.82, 2.24) is 4.90 Å². The number of rotatable bonds is 2. The number of methoxy groups -OCH3 is 2. The number of piperidine rings is 1. The molecule has 6 heteroatoms. The Labute approximate surface area is 105 Å². The van der Waals surface area contributed by atoms with Crippen LogP contribution in [-0.4, -0.2) is 56.0 Å². The van der Waals surface area contributed by atoms with E-state index in [-0.39, 0.29) is 17.9 Å². The smallest absolute Gasteiger partial charge is 0.317 e. The molecule has 0 amide bonds. The first-order valence-corrected chi connectivity index (χ1v) is 5.94. The molecule has 0 aromatic heterocycles. The van der Waals surface area contributed by atoms with E-state index < -0.39 is 23.8 Å². The number of hydrogen-bond donors (Lipinski definition) is 0. The summed E-state index contributed by atoms with van der Waals surface area (Å²) in [4.78, 5) is 37.7. The number of Topliss-reactive ketones (excluding diaryl/α,β-unsaturated/α-hetero) is 1. The van der Waals surface area contributed by atoms with E-state index in [1.54, 1.807) is 0 Å². The van der Waals surface area contributed by atoms with E-state index in [1.165, 1.54) is 14.2 Å². The number of ketones is 1. The molecule has 18 heavy (non-hydrogen) atoms. The molecular formula is C12H17NO5. The minimum Gasteiger partial charge on any atom is -0.468 e. The average molecular weight is 255 g/mol. The minimum atomic E-state index is -0.872. The second kappa shape index (κ2) is 4.68. The number of nitrogens with zero attached hydrogens (tertiary/aromatic N) is 1. The van der Waals surface area contributed by atoms with Crippen LogP contribution in [0.25, 0.3) is 0 Å². The zero-order chi connectivity index (χ0) is 13.4. The summed E-state index contributed by atoms with van der Waals surface area (Å²) in [5.41, 5.74) is 0. The van der Waals surface area contributed by atoms with Crippen LogP contribution in [0.2, 0.25) is 0 Å². The van der Waals surface area contributed by atoms with Crippen LogP contribution in [0.1, 0.15) is 12.8 Å². The average Bonchev–Trinajstić information content (AvgIpc) is 2.64. The molecule has 2 fully saturated rings. The Bertz CT molecular complexity index is 360. The second-order valence-corrected chi connectivity index (χ2v) is 4.78. The van der Waals surface area contributed by atoms with E-state index in [0.29, 0.717) is 0 Å². The molecule has 2 bridgehead atoms. The Balaban J connectivity index is 2.36. The number of esters is 2. The molecule has 6 nitrogen and oxygen atoms in total. The van der Waals surface area contributed by atoms with Gasteiger partial charge in [-0.05, 0) is 19.9 Å². The lowest BCUT2D eigenvalue weighted by Crippen LogP contribution is -2.57. The number of carbonyl (C=O) groups excluding carboxylic acids is 3. The van der Waals surface area contributed by atoms with Crippen molar-refractivity contribution in [2.24, 2.45) is 11.8 Å². The Morgan fingerprint density at radius 1 is 1.06 bits per heavy atom. The Morgan fingerprint density at radius 2 is 1.44 bits per heavy atom. The highest BCUT2D eigenvalue weighted by Crippen LogP contribution is 2.40. The predicted molar refractivity (Wildman–Crippen MR) is 60.6 cm³/mol. The maximum Gasteiger partial charge on any atom is 0.317 e. The third-order valence-electron chi connectivity index (χ3n) is 4.10. The van der Waals surface area contributed by atoms with E-state index in [4.69, 9.17) is 0 Å². The Kier molecular flexibility index (Phi) is 3.38. The molecule has 0 aromatic rings. The fourth-order valence-corrected chi connectivity index (χ4v) is 3.17. The quantitative estimate of drug-likeness (QED) is 0.494. The van der Waals surface area contributed by atoms with Gasteiger partial charge in [0.25, 0.3) is 0 Å². The van der Waals surface area contributed by atoms with Gasteiger partial charge in [0.2, 0.25) is 0 Å². The first-order valence-electron chi connectivity index (χ1n) is 5.94. The Hall–Kier alpha value is -1.43. The van der Waals surface area contributed by atoms with Crippen molar-refractivity contribution in [2.75, 3.05) is 21.3 Å². The van der Waals surface area contributed by atoms with Gasteiger partial charge >= 0.3 is 11.9 Å². The summed E-state index contributed by atoms with van der Waals surface area (Å²) >= 11 is 0. The highest BCUT2D eigenvalue weighted by molar-refractivity contribution is 6.10. The van der Waals surface area contributed by atoms with E-state index >= 15 is 0 Å². The molecule has 0 spiro atoms. The van der Waals surface area contributed by atoms with Crippen molar-refractivity contribution in [2.45, 2.75) is 24.9 Å². The first kappa shape index (κ1) is 13.0. The molecule has 0 unspecified atom stereocenters. The maximum absolute atomic E-state index is 12.3. The number of carbonyl (C=O) groups is 3. The van der Waals surface area contributed by atoms with Gasteiger partial charge in [-0.3, -0.25) is 19.3 Å². The van der Waals surface area contributed by atoms with Crippen molar-refractivity contribution in [1.29, 1.82) is 0 Å². The van der Waals surface area contributed by atoms with Crippen molar-refractivity contribution in [3.8, 4) is 0 Å². The maximum atomic E-state index is 12.3. The monoisotopic (exact) mass is 255 g/mol. The van der Waals surface area contributed by atoms with Crippen molar-refractivity contribution in [3.05, 3.63) is 0 Å². The van der Waals surface area contributed by atoms with Crippen LogP contribution in [0.15, 0.2) is 0 Å². The van der Waals surface area contributed by atoms with E-state index in [0.717, 1.165) is 12.8 Å². The lowest BCUT2D eigenvalue weighted by molar-refractivity contribution is -0.163. The normalized spacial score (nSPS) is 35.4. The van der Waals surface area contributed by atoms with Gasteiger partial charge in [-0.15, -0.1) is 0 Å². The molecule has 0 radical (unpaired) electrons. The predicted octanol–water partition coefficient (Wildman–Crippen LogP) is -0.390. The molecule has 0 aliphatic carbocycles. The molecular weight excluding hydrogens is 238 g/mol. The summed E-state index contributed by atoms with van der Waals surface area (Å²) in [5, 5.41) is 0. The molecule has 0 aromatic carbocycles. The van der Waals surface area contributed by atoms with Crippen LogP contribution in [0.3, 0.4) is 0 Å². The highest BCUT2D eigenvalue weighted by atomic mass is 16.5. The summed E-state index contributed by atoms with van der Waals surface area (Å²) in [7, 11) is 4.34. The van der Waals surface area contributed by atoms with Gasteiger partial charge in [-0.2, -0.15) is 0 Å². The van der Waals surface area contributed by atoms with Crippen LogP contribution >= 0.6 is 0 Å². The van der Waals surface area contributed by atoms with Crippen molar-refractivity contribution >= 4 is 17.7 Å². The first-order chi connectivity index (χ1) is 8.52. The zero-order valence-corrected chi connectivity index (χ0v) is 10.7. The fraction of sp³-hybridized carbons (Fsp3) is 0.750. The SMILES string of the molecule is COC(=O)[C@@H]1C(=O)[C@H](C(=O)OC)[C@@H]2CC[C@@H]1N2C. The van der Waals surface area contributed by atoms with E-state index in [2.05, 4.69) is 9.47 Å². The van der Waals surface area contributed by atoms with Crippen LogP contribution in [-0.2, 0) is 23.9 Å². The highest BCUT2D eigenvalue weighted by Gasteiger charge is 2.56. The van der Waals surface area contributed by atoms with E-state index in [1.807, 2.05) is 11.9 Å². The molecule has 0 N–H and O–H groups in total. The summed E-state index contributed by atoms with van der Waals surface area (Å²) in [6, 6.07) is -0.313. The van der Waals surface area contributed by atoms with Gasteiger partial charge in [0.15, 0.2) is 5.78 Å². The second-order valence-electron chi connectivity index (χ2n) is 4.78. The summed E-state index contributed by atoms with van der Waals surface area (Å²) in [5.74, 6) is -3.23. The third-order valence-corrected chi connectivity index (χ3v) is 4.10. The molecule has 0 saturated carbocycles. The van der Waals surface area contributed by atoms with Gasteiger partial charge in [-0.1, -0.05) is 0 Å². The third kappa shape index (κ3) is 1.71. The van der Waals surface area contributed by atoms with Crippen LogP contribution < -0.4 is 0 Å². The van der Waals surface area contributed by atoms with Crippen LogP contribution in [0.4, 0.5) is 0 Å². The zero-order valence-electron chi connectivity index (χ0n) is 10.7. The lowest BCUT2D eigenvalue weighted by atomic mass is 9.81.